The maximum atomic E-state index is 14.0. The van der Waals surface area contributed by atoms with Gasteiger partial charge in [-0.15, -0.1) is 11.3 Å². The lowest BCUT2D eigenvalue weighted by molar-refractivity contribution is -0.0270. The minimum absolute atomic E-state index is 0.0601. The van der Waals surface area contributed by atoms with Gasteiger partial charge in [0, 0.05) is 41.3 Å². The molecule has 2 N–H and O–H groups in total. The van der Waals surface area contributed by atoms with E-state index in [4.69, 9.17) is 0 Å². The molecule has 134 valence electrons. The molecule has 0 unspecified atom stereocenters. The van der Waals surface area contributed by atoms with E-state index in [1.165, 1.54) is 29.7 Å². The second-order valence-corrected chi connectivity index (χ2v) is 7.26. The molecule has 1 amide bonds. The van der Waals surface area contributed by atoms with Crippen LogP contribution in [-0.2, 0) is 5.60 Å². The van der Waals surface area contributed by atoms with E-state index in [0.29, 0.717) is 18.7 Å². The van der Waals surface area contributed by atoms with Gasteiger partial charge >= 0.3 is 0 Å². The van der Waals surface area contributed by atoms with Gasteiger partial charge in [-0.1, -0.05) is 0 Å². The van der Waals surface area contributed by atoms with Gasteiger partial charge in [0.15, 0.2) is 0 Å². The largest absolute Gasteiger partial charge is 0.383 e. The van der Waals surface area contributed by atoms with Gasteiger partial charge in [0.25, 0.3) is 5.91 Å². The normalized spacial score (nSPS) is 16.6. The molecular formula is C18H17FN4O2S. The molecule has 4 heterocycles. The van der Waals surface area contributed by atoms with E-state index >= 15 is 0 Å². The number of carbonyl (C=O) groups is 1. The average molecular weight is 372 g/mol. The minimum atomic E-state index is -1.33. The third-order valence-corrected chi connectivity index (χ3v) is 5.69. The summed E-state index contributed by atoms with van der Waals surface area (Å²) in [4.78, 5) is 19.4. The molecule has 1 fully saturated rings. The molecule has 0 atom stereocenters. The van der Waals surface area contributed by atoms with Crippen LogP contribution < -0.4 is 0 Å². The van der Waals surface area contributed by atoms with Crippen LogP contribution in [0, 0.1) is 5.82 Å². The van der Waals surface area contributed by atoms with E-state index in [1.807, 2.05) is 11.4 Å². The summed E-state index contributed by atoms with van der Waals surface area (Å²) >= 11 is 1.48. The van der Waals surface area contributed by atoms with E-state index in [0.717, 1.165) is 10.4 Å². The number of amides is 1. The Hall–Kier alpha value is -2.58. The predicted molar refractivity (Wildman–Crippen MR) is 95.1 cm³/mol. The maximum Gasteiger partial charge on any atom is 0.254 e. The maximum absolute atomic E-state index is 14.0. The van der Waals surface area contributed by atoms with Gasteiger partial charge in [-0.2, -0.15) is 5.10 Å². The van der Waals surface area contributed by atoms with E-state index in [1.54, 1.807) is 17.3 Å². The summed E-state index contributed by atoms with van der Waals surface area (Å²) in [5, 5.41) is 19.3. The highest BCUT2D eigenvalue weighted by Crippen LogP contribution is 2.34. The standard InChI is InChI=1S/C18H17FN4O2S/c19-14-2-1-5-20-16(14)18(25)3-6-23(7-4-18)17(24)12-8-15(26-11-12)13-9-21-22-10-13/h1-2,5,8-11,25H,3-4,6-7H2,(H,21,22). The minimum Gasteiger partial charge on any atom is -0.383 e. The van der Waals surface area contributed by atoms with Crippen LogP contribution in [0.4, 0.5) is 4.39 Å². The molecule has 0 bridgehead atoms. The lowest BCUT2D eigenvalue weighted by Crippen LogP contribution is -2.45. The summed E-state index contributed by atoms with van der Waals surface area (Å²) in [5.41, 5.74) is 0.275. The van der Waals surface area contributed by atoms with Gasteiger partial charge in [0.2, 0.25) is 0 Å². The quantitative estimate of drug-likeness (QED) is 0.741. The van der Waals surface area contributed by atoms with Crippen molar-refractivity contribution in [2.24, 2.45) is 0 Å². The van der Waals surface area contributed by atoms with E-state index in [9.17, 15) is 14.3 Å². The molecule has 1 aliphatic heterocycles. The van der Waals surface area contributed by atoms with E-state index in [2.05, 4.69) is 15.2 Å². The number of pyridine rings is 1. The molecule has 8 heteroatoms. The number of carbonyl (C=O) groups excluding carboxylic acids is 1. The zero-order valence-corrected chi connectivity index (χ0v) is 14.7. The Kier molecular flexibility index (Phi) is 4.29. The van der Waals surface area contributed by atoms with Crippen molar-refractivity contribution in [3.63, 3.8) is 0 Å². The van der Waals surface area contributed by atoms with Crippen LogP contribution in [-0.4, -0.2) is 44.2 Å². The Morgan fingerprint density at radius 1 is 1.38 bits per heavy atom. The Balaban J connectivity index is 1.46. The molecular weight excluding hydrogens is 355 g/mol. The van der Waals surface area contributed by atoms with E-state index < -0.39 is 11.4 Å². The van der Waals surface area contributed by atoms with Crippen LogP contribution in [0.5, 0.6) is 0 Å². The molecule has 0 aliphatic carbocycles. The average Bonchev–Trinajstić information content (AvgIpc) is 3.33. The molecule has 26 heavy (non-hydrogen) atoms. The number of hydrogen-bond donors (Lipinski definition) is 2. The number of rotatable bonds is 3. The summed E-state index contributed by atoms with van der Waals surface area (Å²) in [6.45, 7) is 0.699. The smallest absolute Gasteiger partial charge is 0.254 e. The third-order valence-electron chi connectivity index (χ3n) is 4.71. The molecule has 1 aliphatic rings. The topological polar surface area (TPSA) is 82.1 Å². The number of aromatic amines is 1. The molecule has 6 nitrogen and oxygen atoms in total. The summed E-state index contributed by atoms with van der Waals surface area (Å²) in [6.07, 6.45) is 5.47. The van der Waals surface area contributed by atoms with Crippen LogP contribution in [0.2, 0.25) is 0 Å². The van der Waals surface area contributed by atoms with Crippen molar-refractivity contribution in [3.05, 3.63) is 59.2 Å². The number of piperidine rings is 1. The van der Waals surface area contributed by atoms with Crippen molar-refractivity contribution in [3.8, 4) is 10.4 Å². The SMILES string of the molecule is O=C(c1csc(-c2cn[nH]c2)c1)N1CCC(O)(c2ncccc2F)CC1. The van der Waals surface area contributed by atoms with Crippen LogP contribution in [0.3, 0.4) is 0 Å². The fourth-order valence-corrected chi connectivity index (χ4v) is 4.08. The van der Waals surface area contributed by atoms with Gasteiger partial charge in [-0.3, -0.25) is 14.9 Å². The van der Waals surface area contributed by atoms with Gasteiger partial charge < -0.3 is 10.0 Å². The molecule has 1 saturated heterocycles. The summed E-state index contributed by atoms with van der Waals surface area (Å²) < 4.78 is 14.0. The van der Waals surface area contributed by atoms with Gasteiger partial charge in [-0.25, -0.2) is 4.39 Å². The first-order chi connectivity index (χ1) is 12.6. The number of likely N-dealkylation sites (tertiary alicyclic amines) is 1. The predicted octanol–water partition coefficient (Wildman–Crippen LogP) is 2.80. The number of hydrogen-bond acceptors (Lipinski definition) is 5. The van der Waals surface area contributed by atoms with Crippen LogP contribution in [0.1, 0.15) is 28.9 Å². The molecule has 0 spiro atoms. The molecule has 0 aromatic carbocycles. The summed E-state index contributed by atoms with van der Waals surface area (Å²) in [7, 11) is 0. The number of thiophene rings is 1. The number of nitrogens with zero attached hydrogens (tertiary/aromatic N) is 3. The number of H-pyrrole nitrogens is 1. The van der Waals surface area contributed by atoms with Crippen molar-refractivity contribution in [2.45, 2.75) is 18.4 Å². The monoisotopic (exact) mass is 372 g/mol. The lowest BCUT2D eigenvalue weighted by Gasteiger charge is -2.37. The highest BCUT2D eigenvalue weighted by atomic mass is 32.1. The Morgan fingerprint density at radius 3 is 2.88 bits per heavy atom. The first-order valence-corrected chi connectivity index (χ1v) is 9.15. The zero-order valence-electron chi connectivity index (χ0n) is 13.9. The molecule has 3 aromatic rings. The van der Waals surface area contributed by atoms with Crippen LogP contribution >= 0.6 is 11.3 Å². The number of nitrogens with one attached hydrogen (secondary N) is 1. The molecule has 0 radical (unpaired) electrons. The Labute approximate surface area is 153 Å². The van der Waals surface area contributed by atoms with Crippen molar-refractivity contribution in [2.75, 3.05) is 13.1 Å². The number of halogens is 1. The number of aliphatic hydroxyl groups is 1. The van der Waals surface area contributed by atoms with Gasteiger partial charge in [0.1, 0.15) is 17.1 Å². The third kappa shape index (κ3) is 3.02. The highest BCUT2D eigenvalue weighted by Gasteiger charge is 2.38. The van der Waals surface area contributed by atoms with Crippen molar-refractivity contribution in [1.29, 1.82) is 0 Å². The van der Waals surface area contributed by atoms with Gasteiger partial charge in [0.05, 0.1) is 11.8 Å². The van der Waals surface area contributed by atoms with Crippen molar-refractivity contribution >= 4 is 17.2 Å². The Bertz CT molecular complexity index is 917. The molecule has 3 aromatic heterocycles. The first kappa shape index (κ1) is 16.9. The highest BCUT2D eigenvalue weighted by molar-refractivity contribution is 7.13. The van der Waals surface area contributed by atoms with Gasteiger partial charge in [-0.05, 0) is 31.0 Å². The summed E-state index contributed by atoms with van der Waals surface area (Å²) in [5.74, 6) is -0.600. The Morgan fingerprint density at radius 2 is 2.19 bits per heavy atom. The summed E-state index contributed by atoms with van der Waals surface area (Å²) in [6, 6.07) is 4.63. The zero-order chi connectivity index (χ0) is 18.1. The lowest BCUT2D eigenvalue weighted by atomic mass is 9.87. The molecule has 0 saturated carbocycles. The number of aromatic nitrogens is 3. The van der Waals surface area contributed by atoms with Crippen molar-refractivity contribution < 1.29 is 14.3 Å². The van der Waals surface area contributed by atoms with Crippen LogP contribution in [0.25, 0.3) is 10.4 Å². The first-order valence-electron chi connectivity index (χ1n) is 8.27. The second-order valence-electron chi connectivity index (χ2n) is 6.34. The fraction of sp³-hybridized carbons (Fsp3) is 0.278. The second kappa shape index (κ2) is 6.62. The fourth-order valence-electron chi connectivity index (χ4n) is 3.21. The molecule has 4 rings (SSSR count). The van der Waals surface area contributed by atoms with Crippen molar-refractivity contribution in [1.82, 2.24) is 20.1 Å². The van der Waals surface area contributed by atoms with Crippen LogP contribution in [0.15, 0.2) is 42.2 Å². The van der Waals surface area contributed by atoms with E-state index in [-0.39, 0.29) is 24.4 Å².